The number of carbonyl (C=O) groups is 2. The Kier molecular flexibility index (Phi) is 5.72. The first kappa shape index (κ1) is 17.0. The third-order valence-electron chi connectivity index (χ3n) is 3.22. The first-order valence-corrected chi connectivity index (χ1v) is 6.55. The lowest BCUT2D eigenvalue weighted by atomic mass is 10.1. The number of aromatic carboxylic acids is 1. The molecule has 6 nitrogen and oxygen atoms in total. The maximum absolute atomic E-state index is 12.1. The van der Waals surface area contributed by atoms with Crippen molar-refractivity contribution in [1.82, 2.24) is 5.32 Å². The summed E-state index contributed by atoms with van der Waals surface area (Å²) in [6.45, 7) is 4.28. The lowest BCUT2D eigenvalue weighted by molar-refractivity contribution is 0.0160. The summed E-state index contributed by atoms with van der Waals surface area (Å²) in [6, 6.07) is 4.19. The van der Waals surface area contributed by atoms with Gasteiger partial charge in [-0.05, 0) is 38.5 Å². The van der Waals surface area contributed by atoms with E-state index in [1.165, 1.54) is 25.3 Å². The van der Waals surface area contributed by atoms with Crippen LogP contribution in [-0.2, 0) is 4.74 Å². The monoisotopic (exact) mass is 295 g/mol. The highest BCUT2D eigenvalue weighted by molar-refractivity contribution is 5.98. The Hall–Kier alpha value is -2.08. The summed E-state index contributed by atoms with van der Waals surface area (Å²) in [5, 5.41) is 11.8. The highest BCUT2D eigenvalue weighted by Crippen LogP contribution is 2.17. The van der Waals surface area contributed by atoms with E-state index in [0.29, 0.717) is 18.7 Å². The first-order chi connectivity index (χ1) is 9.79. The number of carboxylic acids is 1. The van der Waals surface area contributed by atoms with Crippen molar-refractivity contribution in [3.8, 4) is 5.75 Å². The molecule has 0 heterocycles. The van der Waals surface area contributed by atoms with Crippen molar-refractivity contribution in [1.29, 1.82) is 0 Å². The van der Waals surface area contributed by atoms with Gasteiger partial charge in [-0.3, -0.25) is 4.79 Å². The molecule has 1 rings (SSSR count). The van der Waals surface area contributed by atoms with Crippen molar-refractivity contribution < 1.29 is 24.2 Å². The third-order valence-corrected chi connectivity index (χ3v) is 3.22. The number of carboxylic acid groups (broad SMARTS) is 1. The second-order valence-corrected chi connectivity index (χ2v) is 5.23. The molecule has 1 aromatic carbocycles. The minimum Gasteiger partial charge on any atom is -0.497 e. The fourth-order valence-corrected chi connectivity index (χ4v) is 1.65. The van der Waals surface area contributed by atoms with Crippen molar-refractivity contribution in [2.75, 3.05) is 20.8 Å². The summed E-state index contributed by atoms with van der Waals surface area (Å²) in [7, 11) is 3.03. The number of hydrogen-bond acceptors (Lipinski definition) is 4. The molecule has 0 atom stereocenters. The SMILES string of the molecule is COc1cc(C(=O)O)cc(C(=O)NCCC(C)(C)OC)c1. The van der Waals surface area contributed by atoms with Gasteiger partial charge in [0.05, 0.1) is 18.3 Å². The summed E-state index contributed by atoms with van der Waals surface area (Å²) < 4.78 is 10.3. The van der Waals surface area contributed by atoms with E-state index in [-0.39, 0.29) is 22.6 Å². The van der Waals surface area contributed by atoms with Gasteiger partial charge in [0.1, 0.15) is 5.75 Å². The quantitative estimate of drug-likeness (QED) is 0.803. The largest absolute Gasteiger partial charge is 0.497 e. The van der Waals surface area contributed by atoms with Gasteiger partial charge in [-0.1, -0.05) is 0 Å². The Labute approximate surface area is 124 Å². The zero-order valence-corrected chi connectivity index (χ0v) is 12.7. The van der Waals surface area contributed by atoms with Gasteiger partial charge in [-0.25, -0.2) is 4.79 Å². The summed E-state index contributed by atoms with van der Waals surface area (Å²) in [4.78, 5) is 23.1. The maximum Gasteiger partial charge on any atom is 0.335 e. The van der Waals surface area contributed by atoms with E-state index >= 15 is 0 Å². The molecule has 116 valence electrons. The molecule has 6 heteroatoms. The topological polar surface area (TPSA) is 84.9 Å². The van der Waals surface area contributed by atoms with Gasteiger partial charge in [0.2, 0.25) is 0 Å². The standard InChI is InChI=1S/C15H21NO5/c1-15(2,21-4)5-6-16-13(17)10-7-11(14(18)19)9-12(8-10)20-3/h7-9H,5-6H2,1-4H3,(H,16,17)(H,18,19). The summed E-state index contributed by atoms with van der Waals surface area (Å²) in [5.41, 5.74) is -0.0628. The van der Waals surface area contributed by atoms with Crippen LogP contribution in [0.15, 0.2) is 18.2 Å². The van der Waals surface area contributed by atoms with E-state index < -0.39 is 5.97 Å². The summed E-state index contributed by atoms with van der Waals surface area (Å²) in [6.07, 6.45) is 0.644. The van der Waals surface area contributed by atoms with Gasteiger partial charge < -0.3 is 19.9 Å². The lowest BCUT2D eigenvalue weighted by Crippen LogP contribution is -2.32. The molecule has 0 aromatic heterocycles. The van der Waals surface area contributed by atoms with Gasteiger partial charge in [-0.2, -0.15) is 0 Å². The Balaban J connectivity index is 2.78. The van der Waals surface area contributed by atoms with Crippen LogP contribution >= 0.6 is 0 Å². The minimum absolute atomic E-state index is 0.0109. The number of nitrogens with one attached hydrogen (secondary N) is 1. The molecule has 21 heavy (non-hydrogen) atoms. The minimum atomic E-state index is -1.11. The number of amides is 1. The number of carbonyl (C=O) groups excluding carboxylic acids is 1. The van der Waals surface area contributed by atoms with Gasteiger partial charge >= 0.3 is 5.97 Å². The van der Waals surface area contributed by atoms with Crippen molar-refractivity contribution in [3.63, 3.8) is 0 Å². The molecule has 0 fully saturated rings. The van der Waals surface area contributed by atoms with Crippen LogP contribution in [0.5, 0.6) is 5.75 Å². The molecule has 0 saturated heterocycles. The highest BCUT2D eigenvalue weighted by atomic mass is 16.5. The summed E-state index contributed by atoms with van der Waals surface area (Å²) in [5.74, 6) is -1.12. The van der Waals surface area contributed by atoms with Crippen LogP contribution in [0.1, 0.15) is 41.0 Å². The molecular weight excluding hydrogens is 274 g/mol. The zero-order chi connectivity index (χ0) is 16.0. The molecule has 0 saturated carbocycles. The molecule has 0 aliphatic heterocycles. The Bertz CT molecular complexity index is 525. The van der Waals surface area contributed by atoms with E-state index in [1.54, 1.807) is 7.11 Å². The van der Waals surface area contributed by atoms with Crippen molar-refractivity contribution in [3.05, 3.63) is 29.3 Å². The maximum atomic E-state index is 12.1. The van der Waals surface area contributed by atoms with E-state index in [1.807, 2.05) is 13.8 Å². The van der Waals surface area contributed by atoms with Crippen LogP contribution in [0.3, 0.4) is 0 Å². The van der Waals surface area contributed by atoms with E-state index in [2.05, 4.69) is 5.32 Å². The average molecular weight is 295 g/mol. The molecule has 0 aliphatic carbocycles. The Morgan fingerprint density at radius 1 is 1.19 bits per heavy atom. The first-order valence-electron chi connectivity index (χ1n) is 6.55. The van der Waals surface area contributed by atoms with Gasteiger partial charge in [0.25, 0.3) is 5.91 Å². The number of ether oxygens (including phenoxy) is 2. The van der Waals surface area contributed by atoms with Crippen molar-refractivity contribution >= 4 is 11.9 Å². The fourth-order valence-electron chi connectivity index (χ4n) is 1.65. The van der Waals surface area contributed by atoms with Crippen LogP contribution in [-0.4, -0.2) is 43.3 Å². The van der Waals surface area contributed by atoms with Gasteiger partial charge in [0.15, 0.2) is 0 Å². The van der Waals surface area contributed by atoms with Gasteiger partial charge in [0, 0.05) is 19.2 Å². The number of rotatable bonds is 7. The lowest BCUT2D eigenvalue weighted by Gasteiger charge is -2.22. The summed E-state index contributed by atoms with van der Waals surface area (Å²) >= 11 is 0. The molecule has 0 unspecified atom stereocenters. The molecule has 0 bridgehead atoms. The Morgan fingerprint density at radius 3 is 2.33 bits per heavy atom. The number of methoxy groups -OCH3 is 2. The van der Waals surface area contributed by atoms with E-state index in [0.717, 1.165) is 0 Å². The zero-order valence-electron chi connectivity index (χ0n) is 12.7. The normalized spacial score (nSPS) is 11.0. The van der Waals surface area contributed by atoms with E-state index in [4.69, 9.17) is 14.6 Å². The number of benzene rings is 1. The predicted octanol–water partition coefficient (Wildman–Crippen LogP) is 1.94. The molecule has 1 aromatic rings. The van der Waals surface area contributed by atoms with Crippen LogP contribution in [0.4, 0.5) is 0 Å². The second kappa shape index (κ2) is 7.08. The van der Waals surface area contributed by atoms with Crippen LogP contribution in [0, 0.1) is 0 Å². The average Bonchev–Trinajstić information content (AvgIpc) is 2.46. The van der Waals surface area contributed by atoms with E-state index in [9.17, 15) is 9.59 Å². The predicted molar refractivity (Wildman–Crippen MR) is 78.0 cm³/mol. The third kappa shape index (κ3) is 5.07. The van der Waals surface area contributed by atoms with Gasteiger partial charge in [-0.15, -0.1) is 0 Å². The molecule has 0 spiro atoms. The van der Waals surface area contributed by atoms with Crippen molar-refractivity contribution in [2.24, 2.45) is 0 Å². The molecule has 1 amide bonds. The molecule has 2 N–H and O–H groups in total. The van der Waals surface area contributed by atoms with Crippen LogP contribution in [0.25, 0.3) is 0 Å². The smallest absolute Gasteiger partial charge is 0.335 e. The van der Waals surface area contributed by atoms with Crippen LogP contribution < -0.4 is 10.1 Å². The molecule has 0 radical (unpaired) electrons. The molecular formula is C15H21NO5. The fraction of sp³-hybridized carbons (Fsp3) is 0.467. The molecule has 0 aliphatic rings. The second-order valence-electron chi connectivity index (χ2n) is 5.23. The number of hydrogen-bond donors (Lipinski definition) is 2. The van der Waals surface area contributed by atoms with Crippen LogP contribution in [0.2, 0.25) is 0 Å². The van der Waals surface area contributed by atoms with Crippen molar-refractivity contribution in [2.45, 2.75) is 25.9 Å². The highest BCUT2D eigenvalue weighted by Gasteiger charge is 2.17. The Morgan fingerprint density at radius 2 is 1.81 bits per heavy atom.